The van der Waals surface area contributed by atoms with Gasteiger partial charge < -0.3 is 5.73 Å². The van der Waals surface area contributed by atoms with Crippen LogP contribution in [-0.4, -0.2) is 10.9 Å². The third-order valence-electron chi connectivity index (χ3n) is 1.27. The number of hydrogen-bond acceptors (Lipinski definition) is 2. The minimum absolute atomic E-state index is 0.0741. The van der Waals surface area contributed by atoms with Crippen LogP contribution in [0, 0.1) is 11.8 Å². The van der Waals surface area contributed by atoms with Gasteiger partial charge in [0.2, 0.25) is 11.9 Å². The monoisotopic (exact) mass is 172 g/mol. The predicted molar refractivity (Wildman–Crippen MR) is 37.1 cm³/mol. The van der Waals surface area contributed by atoms with Crippen molar-refractivity contribution in [1.29, 1.82) is 0 Å². The van der Waals surface area contributed by atoms with E-state index in [0.29, 0.717) is 6.20 Å². The molecule has 0 fully saturated rings. The Balaban J connectivity index is 2.97. The van der Waals surface area contributed by atoms with E-state index in [1.165, 1.54) is 0 Å². The van der Waals surface area contributed by atoms with Crippen LogP contribution in [0.15, 0.2) is 12.3 Å². The summed E-state index contributed by atoms with van der Waals surface area (Å²) in [6, 6.07) is 0.847. The number of nitrogens with zero attached hydrogens (tertiary/aromatic N) is 1. The second-order valence-corrected chi connectivity index (χ2v) is 2.24. The molecule has 0 aliphatic carbocycles. The Kier molecular flexibility index (Phi) is 2.32. The van der Waals surface area contributed by atoms with Crippen molar-refractivity contribution in [1.82, 2.24) is 4.98 Å². The van der Waals surface area contributed by atoms with Crippen LogP contribution in [0.5, 0.6) is 0 Å². The summed E-state index contributed by atoms with van der Waals surface area (Å²) in [6.45, 7) is 0. The van der Waals surface area contributed by atoms with Gasteiger partial charge in [-0.2, -0.15) is 4.39 Å². The zero-order valence-corrected chi connectivity index (χ0v) is 6.05. The van der Waals surface area contributed by atoms with E-state index in [4.69, 9.17) is 5.73 Å². The lowest BCUT2D eigenvalue weighted by atomic mass is 10.2. The van der Waals surface area contributed by atoms with Crippen molar-refractivity contribution in [3.8, 4) is 0 Å². The molecule has 0 unspecified atom stereocenters. The van der Waals surface area contributed by atoms with Crippen LogP contribution in [0.1, 0.15) is 5.56 Å². The number of aromatic nitrogens is 1. The van der Waals surface area contributed by atoms with Crippen LogP contribution in [-0.2, 0) is 11.2 Å². The zero-order valence-electron chi connectivity index (χ0n) is 6.05. The number of nitrogens with two attached hydrogens (primary N) is 1. The van der Waals surface area contributed by atoms with E-state index < -0.39 is 17.7 Å². The first-order valence-electron chi connectivity index (χ1n) is 3.18. The fraction of sp³-hybridized carbons (Fsp3) is 0.143. The molecule has 1 aromatic rings. The minimum atomic E-state index is -0.826. The summed E-state index contributed by atoms with van der Waals surface area (Å²) in [5, 5.41) is 0. The largest absolute Gasteiger partial charge is 0.369 e. The van der Waals surface area contributed by atoms with Crippen LogP contribution < -0.4 is 5.73 Å². The number of rotatable bonds is 2. The lowest BCUT2D eigenvalue weighted by Gasteiger charge is -1.98. The molecule has 1 heterocycles. The zero-order chi connectivity index (χ0) is 9.14. The van der Waals surface area contributed by atoms with Crippen molar-refractivity contribution in [3.63, 3.8) is 0 Å². The molecule has 1 amide bonds. The number of carbonyl (C=O) groups is 1. The van der Waals surface area contributed by atoms with Crippen molar-refractivity contribution < 1.29 is 13.6 Å². The second-order valence-electron chi connectivity index (χ2n) is 2.24. The van der Waals surface area contributed by atoms with Gasteiger partial charge in [0.05, 0.1) is 12.6 Å². The Labute approximate surface area is 67.2 Å². The number of amides is 1. The molecule has 5 heteroatoms. The first kappa shape index (κ1) is 8.58. The maximum atomic E-state index is 12.7. The molecule has 0 aliphatic rings. The highest BCUT2D eigenvalue weighted by Gasteiger charge is 2.06. The standard InChI is InChI=1S/C7H6F2N2O/c8-5-3-11-6(9)1-4(5)2-7(10)12/h1,3H,2H2,(H2,10,12). The molecular formula is C7H6F2N2O. The molecule has 0 aliphatic heterocycles. The molecule has 0 atom stereocenters. The fourth-order valence-electron chi connectivity index (χ4n) is 0.774. The van der Waals surface area contributed by atoms with Crippen molar-refractivity contribution >= 4 is 5.91 Å². The molecule has 0 saturated carbocycles. The maximum absolute atomic E-state index is 12.7. The molecular weight excluding hydrogens is 166 g/mol. The lowest BCUT2D eigenvalue weighted by molar-refractivity contribution is -0.117. The van der Waals surface area contributed by atoms with Gasteiger partial charge in [0.1, 0.15) is 5.82 Å². The van der Waals surface area contributed by atoms with Crippen LogP contribution in [0.25, 0.3) is 0 Å². The van der Waals surface area contributed by atoms with Gasteiger partial charge in [0.25, 0.3) is 0 Å². The number of primary amides is 1. The number of hydrogen-bond donors (Lipinski definition) is 1. The summed E-state index contributed by atoms with van der Waals surface area (Å²) in [5.74, 6) is -2.26. The first-order chi connectivity index (χ1) is 5.59. The van der Waals surface area contributed by atoms with Gasteiger partial charge in [-0.1, -0.05) is 0 Å². The van der Waals surface area contributed by atoms with Crippen molar-refractivity contribution in [2.75, 3.05) is 0 Å². The average Bonchev–Trinajstić information content (AvgIpc) is 1.96. The summed E-state index contributed by atoms with van der Waals surface area (Å²) in [6.07, 6.45) is 0.402. The molecule has 1 rings (SSSR count). The van der Waals surface area contributed by atoms with Crippen LogP contribution in [0.3, 0.4) is 0 Å². The molecule has 3 nitrogen and oxygen atoms in total. The summed E-state index contributed by atoms with van der Waals surface area (Å²) in [7, 11) is 0. The topological polar surface area (TPSA) is 56.0 Å². The van der Waals surface area contributed by atoms with Crippen molar-refractivity contribution in [3.05, 3.63) is 29.6 Å². The number of pyridine rings is 1. The van der Waals surface area contributed by atoms with E-state index >= 15 is 0 Å². The normalized spacial score (nSPS) is 9.83. The average molecular weight is 172 g/mol. The Morgan fingerprint density at radius 1 is 1.58 bits per heavy atom. The molecule has 0 aromatic carbocycles. The highest BCUT2D eigenvalue weighted by molar-refractivity contribution is 5.76. The van der Waals surface area contributed by atoms with E-state index in [0.717, 1.165) is 6.07 Å². The summed E-state index contributed by atoms with van der Waals surface area (Å²) < 4.78 is 25.1. The summed E-state index contributed by atoms with van der Waals surface area (Å²) in [4.78, 5) is 13.4. The van der Waals surface area contributed by atoms with Gasteiger partial charge in [-0.3, -0.25) is 4.79 Å². The van der Waals surface area contributed by atoms with E-state index in [-0.39, 0.29) is 12.0 Å². The Morgan fingerprint density at radius 2 is 2.25 bits per heavy atom. The van der Waals surface area contributed by atoms with E-state index in [9.17, 15) is 13.6 Å². The highest BCUT2D eigenvalue weighted by atomic mass is 19.1. The van der Waals surface area contributed by atoms with Gasteiger partial charge >= 0.3 is 0 Å². The third-order valence-corrected chi connectivity index (χ3v) is 1.27. The minimum Gasteiger partial charge on any atom is -0.369 e. The molecule has 1 aromatic heterocycles. The van der Waals surface area contributed by atoms with Crippen LogP contribution in [0.2, 0.25) is 0 Å². The molecule has 0 bridgehead atoms. The lowest BCUT2D eigenvalue weighted by Crippen LogP contribution is -2.15. The number of carbonyl (C=O) groups excluding carboxylic acids is 1. The van der Waals surface area contributed by atoms with E-state index in [1.807, 2.05) is 0 Å². The summed E-state index contributed by atoms with van der Waals surface area (Å²) in [5.41, 5.74) is 4.72. The van der Waals surface area contributed by atoms with Gasteiger partial charge in [0.15, 0.2) is 0 Å². The van der Waals surface area contributed by atoms with E-state index in [1.54, 1.807) is 0 Å². The van der Waals surface area contributed by atoms with Crippen molar-refractivity contribution in [2.45, 2.75) is 6.42 Å². The number of halogens is 2. The first-order valence-corrected chi connectivity index (χ1v) is 3.18. The van der Waals surface area contributed by atoms with Crippen molar-refractivity contribution in [2.24, 2.45) is 5.73 Å². The fourth-order valence-corrected chi connectivity index (χ4v) is 0.774. The quantitative estimate of drug-likeness (QED) is 0.656. The van der Waals surface area contributed by atoms with Crippen LogP contribution in [0.4, 0.5) is 8.78 Å². The van der Waals surface area contributed by atoms with Gasteiger partial charge in [0, 0.05) is 5.56 Å². The second kappa shape index (κ2) is 3.25. The Hall–Kier alpha value is -1.52. The SMILES string of the molecule is NC(=O)Cc1cc(F)ncc1F. The predicted octanol–water partition coefficient (Wildman–Crippen LogP) is 0.388. The Bertz CT molecular complexity index is 314. The van der Waals surface area contributed by atoms with Crippen LogP contribution >= 0.6 is 0 Å². The van der Waals surface area contributed by atoms with Gasteiger partial charge in [-0.15, -0.1) is 0 Å². The van der Waals surface area contributed by atoms with Gasteiger partial charge in [-0.05, 0) is 6.07 Å². The smallest absolute Gasteiger partial charge is 0.221 e. The molecule has 0 radical (unpaired) electrons. The summed E-state index contributed by atoms with van der Waals surface area (Å²) >= 11 is 0. The molecule has 12 heavy (non-hydrogen) atoms. The maximum Gasteiger partial charge on any atom is 0.221 e. The molecule has 2 N–H and O–H groups in total. The molecule has 0 spiro atoms. The Morgan fingerprint density at radius 3 is 2.83 bits per heavy atom. The third kappa shape index (κ3) is 1.98. The highest BCUT2D eigenvalue weighted by Crippen LogP contribution is 2.07. The van der Waals surface area contributed by atoms with E-state index in [2.05, 4.69) is 4.98 Å². The molecule has 64 valence electrons. The molecule has 0 saturated heterocycles. The van der Waals surface area contributed by atoms with Gasteiger partial charge in [-0.25, -0.2) is 9.37 Å².